The van der Waals surface area contributed by atoms with Crippen molar-refractivity contribution in [3.8, 4) is 0 Å². The number of halogens is 1. The van der Waals surface area contributed by atoms with Gasteiger partial charge >= 0.3 is 0 Å². The Morgan fingerprint density at radius 3 is 2.40 bits per heavy atom. The van der Waals surface area contributed by atoms with E-state index in [1.807, 2.05) is 6.07 Å². The van der Waals surface area contributed by atoms with E-state index in [0.717, 1.165) is 24.3 Å². The Kier molecular flexibility index (Phi) is 5.84. The van der Waals surface area contributed by atoms with E-state index in [1.54, 1.807) is 6.07 Å². The highest BCUT2D eigenvalue weighted by molar-refractivity contribution is 5.54. The van der Waals surface area contributed by atoms with E-state index < -0.39 is 0 Å². The lowest BCUT2D eigenvalue weighted by molar-refractivity contribution is 0.538. The van der Waals surface area contributed by atoms with Crippen LogP contribution in [0.4, 0.5) is 10.1 Å². The molecule has 0 atom stereocenters. The number of nitrogens with one attached hydrogen (secondary N) is 1. The molecule has 1 heterocycles. The van der Waals surface area contributed by atoms with Crippen molar-refractivity contribution in [3.63, 3.8) is 0 Å². The van der Waals surface area contributed by atoms with Crippen molar-refractivity contribution in [2.24, 2.45) is 0 Å². The van der Waals surface area contributed by atoms with Gasteiger partial charge < -0.3 is 10.2 Å². The highest BCUT2D eigenvalue weighted by Crippen LogP contribution is 2.25. The lowest BCUT2D eigenvalue weighted by atomic mass is 10.1. The molecule has 0 amide bonds. The zero-order valence-corrected chi connectivity index (χ0v) is 12.8. The van der Waals surface area contributed by atoms with E-state index in [0.29, 0.717) is 12.6 Å². The smallest absolute Gasteiger partial charge is 0.129 e. The van der Waals surface area contributed by atoms with E-state index in [1.165, 1.54) is 32.1 Å². The molecule has 1 fully saturated rings. The van der Waals surface area contributed by atoms with Gasteiger partial charge in [0.1, 0.15) is 5.82 Å². The van der Waals surface area contributed by atoms with Gasteiger partial charge in [-0.3, -0.25) is 0 Å². The molecule has 2 nitrogen and oxygen atoms in total. The summed E-state index contributed by atoms with van der Waals surface area (Å²) in [6.45, 7) is 6.90. The van der Waals surface area contributed by atoms with Gasteiger partial charge in [0.15, 0.2) is 0 Å². The third kappa shape index (κ3) is 4.20. The molecule has 1 aromatic carbocycles. The summed E-state index contributed by atoms with van der Waals surface area (Å²) in [5, 5.41) is 3.34. The molecule has 1 aromatic rings. The van der Waals surface area contributed by atoms with Crippen molar-refractivity contribution in [1.82, 2.24) is 5.32 Å². The highest BCUT2D eigenvalue weighted by Gasteiger charge is 2.15. The van der Waals surface area contributed by atoms with Crippen LogP contribution in [0.3, 0.4) is 0 Å². The first-order chi connectivity index (χ1) is 9.68. The minimum absolute atomic E-state index is 0.0855. The second-order valence-corrected chi connectivity index (χ2v) is 6.03. The third-order valence-electron chi connectivity index (χ3n) is 3.98. The molecule has 1 aliphatic rings. The molecular formula is C17H27FN2. The van der Waals surface area contributed by atoms with E-state index in [2.05, 4.69) is 30.1 Å². The fourth-order valence-electron chi connectivity index (χ4n) is 2.81. The molecule has 0 aromatic heterocycles. The van der Waals surface area contributed by atoms with Gasteiger partial charge in [0.2, 0.25) is 0 Å². The van der Waals surface area contributed by atoms with Crippen LogP contribution in [-0.2, 0) is 6.54 Å². The van der Waals surface area contributed by atoms with Crippen LogP contribution in [0, 0.1) is 5.82 Å². The standard InChI is InChI=1S/C17H27FN2/c1-14(2)19-13-15-16(18)9-8-10-17(15)20-11-6-4-3-5-7-12-20/h8-10,14,19H,3-7,11-13H2,1-2H3. The predicted octanol–water partition coefficient (Wildman–Crippen LogP) is 4.09. The molecular weight excluding hydrogens is 251 g/mol. The van der Waals surface area contributed by atoms with Crippen molar-refractivity contribution in [1.29, 1.82) is 0 Å². The molecule has 112 valence electrons. The molecule has 20 heavy (non-hydrogen) atoms. The largest absolute Gasteiger partial charge is 0.371 e. The maximum Gasteiger partial charge on any atom is 0.129 e. The van der Waals surface area contributed by atoms with Crippen molar-refractivity contribution >= 4 is 5.69 Å². The monoisotopic (exact) mass is 278 g/mol. The Hall–Kier alpha value is -1.09. The summed E-state index contributed by atoms with van der Waals surface area (Å²) >= 11 is 0. The van der Waals surface area contributed by atoms with Crippen LogP contribution in [0.15, 0.2) is 18.2 Å². The number of benzene rings is 1. The van der Waals surface area contributed by atoms with Crippen LogP contribution in [0.25, 0.3) is 0 Å². The molecule has 0 unspecified atom stereocenters. The predicted molar refractivity (Wildman–Crippen MR) is 83.7 cm³/mol. The van der Waals surface area contributed by atoms with Gasteiger partial charge in [-0.1, -0.05) is 39.2 Å². The minimum atomic E-state index is -0.0855. The second-order valence-electron chi connectivity index (χ2n) is 6.03. The Morgan fingerprint density at radius 2 is 1.75 bits per heavy atom. The van der Waals surface area contributed by atoms with Gasteiger partial charge in [-0.05, 0) is 25.0 Å². The lowest BCUT2D eigenvalue weighted by Gasteiger charge is -2.29. The number of hydrogen-bond acceptors (Lipinski definition) is 2. The molecule has 1 aliphatic heterocycles. The molecule has 0 saturated carbocycles. The summed E-state index contributed by atoms with van der Waals surface area (Å²) in [4.78, 5) is 2.37. The summed E-state index contributed by atoms with van der Waals surface area (Å²) in [7, 11) is 0. The van der Waals surface area contributed by atoms with Gasteiger partial charge in [-0.2, -0.15) is 0 Å². The Labute approximate surface area is 122 Å². The van der Waals surface area contributed by atoms with E-state index in [-0.39, 0.29) is 5.82 Å². The summed E-state index contributed by atoms with van der Waals surface area (Å²) in [5.41, 5.74) is 1.90. The van der Waals surface area contributed by atoms with Crippen LogP contribution in [-0.4, -0.2) is 19.1 Å². The molecule has 0 bridgehead atoms. The van der Waals surface area contributed by atoms with E-state index in [9.17, 15) is 4.39 Å². The second kappa shape index (κ2) is 7.63. The number of anilines is 1. The Morgan fingerprint density at radius 1 is 1.10 bits per heavy atom. The molecule has 0 radical (unpaired) electrons. The zero-order valence-electron chi connectivity index (χ0n) is 12.8. The molecule has 1 saturated heterocycles. The first kappa shape index (κ1) is 15.3. The topological polar surface area (TPSA) is 15.3 Å². The van der Waals surface area contributed by atoms with Crippen molar-refractivity contribution in [2.45, 2.75) is 58.5 Å². The fraction of sp³-hybridized carbons (Fsp3) is 0.647. The van der Waals surface area contributed by atoms with Gasteiger partial charge in [0.05, 0.1) is 0 Å². The maximum absolute atomic E-state index is 14.2. The van der Waals surface area contributed by atoms with Crippen molar-refractivity contribution < 1.29 is 4.39 Å². The quantitative estimate of drug-likeness (QED) is 0.892. The molecule has 0 spiro atoms. The van der Waals surface area contributed by atoms with E-state index in [4.69, 9.17) is 0 Å². The van der Waals surface area contributed by atoms with Crippen LogP contribution in [0.5, 0.6) is 0 Å². The van der Waals surface area contributed by atoms with Gasteiger partial charge in [0.25, 0.3) is 0 Å². The molecule has 3 heteroatoms. The van der Waals surface area contributed by atoms with Crippen LogP contribution in [0.1, 0.15) is 51.5 Å². The van der Waals surface area contributed by atoms with Crippen molar-refractivity contribution in [3.05, 3.63) is 29.6 Å². The average Bonchev–Trinajstić information content (AvgIpc) is 2.36. The first-order valence-electron chi connectivity index (χ1n) is 7.94. The summed E-state index contributed by atoms with van der Waals surface area (Å²) < 4.78 is 14.2. The normalized spacial score (nSPS) is 17.1. The summed E-state index contributed by atoms with van der Waals surface area (Å²) in [6, 6.07) is 5.85. The average molecular weight is 278 g/mol. The van der Waals surface area contributed by atoms with Gasteiger partial charge in [-0.15, -0.1) is 0 Å². The van der Waals surface area contributed by atoms with Crippen LogP contribution in [0.2, 0.25) is 0 Å². The third-order valence-corrected chi connectivity index (χ3v) is 3.98. The molecule has 0 aliphatic carbocycles. The number of hydrogen-bond donors (Lipinski definition) is 1. The molecule has 1 N–H and O–H groups in total. The lowest BCUT2D eigenvalue weighted by Crippen LogP contribution is -2.30. The van der Waals surface area contributed by atoms with E-state index >= 15 is 0 Å². The Balaban J connectivity index is 2.17. The van der Waals surface area contributed by atoms with Crippen LogP contribution >= 0.6 is 0 Å². The van der Waals surface area contributed by atoms with Gasteiger partial charge in [0, 0.05) is 36.9 Å². The highest BCUT2D eigenvalue weighted by atomic mass is 19.1. The molecule has 2 rings (SSSR count). The van der Waals surface area contributed by atoms with Crippen molar-refractivity contribution in [2.75, 3.05) is 18.0 Å². The van der Waals surface area contributed by atoms with Gasteiger partial charge in [-0.25, -0.2) is 4.39 Å². The number of nitrogens with zero attached hydrogens (tertiary/aromatic N) is 1. The number of rotatable bonds is 4. The SMILES string of the molecule is CC(C)NCc1c(F)cccc1N1CCCCCCC1. The van der Waals surface area contributed by atoms with Crippen LogP contribution < -0.4 is 10.2 Å². The Bertz CT molecular complexity index is 409. The maximum atomic E-state index is 14.2. The minimum Gasteiger partial charge on any atom is -0.371 e. The summed E-state index contributed by atoms with van der Waals surface area (Å²) in [6.07, 6.45) is 6.37. The summed E-state index contributed by atoms with van der Waals surface area (Å²) in [5.74, 6) is -0.0855. The fourth-order valence-corrected chi connectivity index (χ4v) is 2.81. The zero-order chi connectivity index (χ0) is 14.4. The first-order valence-corrected chi connectivity index (χ1v) is 7.94.